The standard InChI is InChI=1S/C21H28N6O3/c1-30-12-9-23-20(29)17-15-27(25-24-17)18-4-5-21(18)6-10-26(11-7-21)19(28)13-16-3-2-8-22-14-16/h2-3,8,14-15,18H,4-7,9-13H2,1H3,(H,23,29). The Morgan fingerprint density at radius 1 is 1.30 bits per heavy atom. The Balaban J connectivity index is 1.32. The highest BCUT2D eigenvalue weighted by Gasteiger charge is 2.50. The van der Waals surface area contributed by atoms with Gasteiger partial charge in [0.15, 0.2) is 5.69 Å². The summed E-state index contributed by atoms with van der Waals surface area (Å²) < 4.78 is 6.79. The molecule has 2 amide bonds. The van der Waals surface area contributed by atoms with Crippen LogP contribution in [0.4, 0.5) is 0 Å². The molecule has 9 heteroatoms. The summed E-state index contributed by atoms with van der Waals surface area (Å²) in [6.07, 6.45) is 9.66. The zero-order chi connectivity index (χ0) is 21.0. The molecule has 2 fully saturated rings. The molecule has 1 spiro atoms. The molecule has 4 rings (SSSR count). The molecular weight excluding hydrogens is 384 g/mol. The van der Waals surface area contributed by atoms with Crippen molar-refractivity contribution in [2.45, 2.75) is 38.1 Å². The Hall–Kier alpha value is -2.81. The van der Waals surface area contributed by atoms with Gasteiger partial charge in [-0.3, -0.25) is 14.6 Å². The molecule has 2 aliphatic rings. The minimum Gasteiger partial charge on any atom is -0.383 e. The van der Waals surface area contributed by atoms with Gasteiger partial charge >= 0.3 is 0 Å². The van der Waals surface area contributed by atoms with E-state index < -0.39 is 0 Å². The number of methoxy groups -OCH3 is 1. The number of pyridine rings is 1. The van der Waals surface area contributed by atoms with Crippen molar-refractivity contribution in [3.05, 3.63) is 42.0 Å². The van der Waals surface area contributed by atoms with Gasteiger partial charge in [0.1, 0.15) is 0 Å². The quantitative estimate of drug-likeness (QED) is 0.687. The average molecular weight is 412 g/mol. The van der Waals surface area contributed by atoms with Crippen LogP contribution < -0.4 is 5.32 Å². The minimum atomic E-state index is -0.234. The highest BCUT2D eigenvalue weighted by molar-refractivity contribution is 5.91. The Bertz CT molecular complexity index is 876. The lowest BCUT2D eigenvalue weighted by Crippen LogP contribution is -2.51. The van der Waals surface area contributed by atoms with Gasteiger partial charge < -0.3 is 15.0 Å². The fourth-order valence-corrected chi connectivity index (χ4v) is 4.56. The number of ether oxygens (including phenoxy) is 1. The van der Waals surface area contributed by atoms with Gasteiger partial charge in [0.2, 0.25) is 5.91 Å². The Kier molecular flexibility index (Phi) is 6.08. The van der Waals surface area contributed by atoms with Gasteiger partial charge in [-0.15, -0.1) is 5.10 Å². The molecule has 3 heterocycles. The van der Waals surface area contributed by atoms with Crippen molar-refractivity contribution in [3.63, 3.8) is 0 Å². The fraction of sp³-hybridized carbons (Fsp3) is 0.571. The van der Waals surface area contributed by atoms with Crippen LogP contribution in [-0.4, -0.2) is 70.0 Å². The van der Waals surface area contributed by atoms with Crippen molar-refractivity contribution >= 4 is 11.8 Å². The van der Waals surface area contributed by atoms with Gasteiger partial charge in [-0.1, -0.05) is 11.3 Å². The first-order chi connectivity index (χ1) is 14.6. The monoisotopic (exact) mass is 412 g/mol. The molecule has 30 heavy (non-hydrogen) atoms. The number of hydrogen-bond acceptors (Lipinski definition) is 6. The smallest absolute Gasteiger partial charge is 0.273 e. The number of amides is 2. The van der Waals surface area contributed by atoms with Gasteiger partial charge in [-0.05, 0) is 42.7 Å². The molecule has 1 N–H and O–H groups in total. The second-order valence-electron chi connectivity index (χ2n) is 8.17. The summed E-state index contributed by atoms with van der Waals surface area (Å²) in [7, 11) is 1.59. The predicted octanol–water partition coefficient (Wildman–Crippen LogP) is 1.24. The van der Waals surface area contributed by atoms with E-state index >= 15 is 0 Å². The number of nitrogens with zero attached hydrogens (tertiary/aromatic N) is 5. The van der Waals surface area contributed by atoms with Crippen molar-refractivity contribution in [1.29, 1.82) is 0 Å². The zero-order valence-corrected chi connectivity index (χ0v) is 17.3. The zero-order valence-electron chi connectivity index (χ0n) is 17.3. The van der Waals surface area contributed by atoms with Crippen molar-refractivity contribution in [3.8, 4) is 0 Å². The van der Waals surface area contributed by atoms with Crippen molar-refractivity contribution in [2.75, 3.05) is 33.4 Å². The maximum absolute atomic E-state index is 12.6. The van der Waals surface area contributed by atoms with E-state index in [0.717, 1.165) is 44.3 Å². The summed E-state index contributed by atoms with van der Waals surface area (Å²) in [5.41, 5.74) is 1.42. The molecule has 0 radical (unpaired) electrons. The normalized spacial score (nSPS) is 20.0. The molecule has 1 atom stereocenters. The van der Waals surface area contributed by atoms with Gasteiger partial charge in [0, 0.05) is 39.1 Å². The van der Waals surface area contributed by atoms with E-state index in [9.17, 15) is 9.59 Å². The first kappa shape index (κ1) is 20.5. The van der Waals surface area contributed by atoms with Crippen LogP contribution in [-0.2, 0) is 16.0 Å². The van der Waals surface area contributed by atoms with E-state index in [2.05, 4.69) is 20.6 Å². The van der Waals surface area contributed by atoms with E-state index in [-0.39, 0.29) is 23.3 Å². The minimum absolute atomic E-state index is 0.141. The Labute approximate surface area is 175 Å². The molecule has 1 aliphatic carbocycles. The van der Waals surface area contributed by atoms with Crippen LogP contribution in [0.25, 0.3) is 0 Å². The van der Waals surface area contributed by atoms with Gasteiger partial charge in [0.25, 0.3) is 5.91 Å². The third-order valence-corrected chi connectivity index (χ3v) is 6.47. The lowest BCUT2D eigenvalue weighted by Gasteiger charge is -2.53. The highest BCUT2D eigenvalue weighted by Crippen LogP contribution is 2.56. The Morgan fingerprint density at radius 3 is 2.80 bits per heavy atom. The van der Waals surface area contributed by atoms with Crippen molar-refractivity contribution in [2.24, 2.45) is 5.41 Å². The number of carbonyl (C=O) groups excluding carboxylic acids is 2. The molecule has 2 aromatic heterocycles. The molecule has 1 saturated carbocycles. The largest absolute Gasteiger partial charge is 0.383 e. The number of nitrogens with one attached hydrogen (secondary N) is 1. The molecule has 1 unspecified atom stereocenters. The van der Waals surface area contributed by atoms with E-state index in [4.69, 9.17) is 4.74 Å². The van der Waals surface area contributed by atoms with Crippen LogP contribution in [0.2, 0.25) is 0 Å². The van der Waals surface area contributed by atoms with E-state index in [1.54, 1.807) is 25.7 Å². The summed E-state index contributed by atoms with van der Waals surface area (Å²) in [6, 6.07) is 4.03. The topological polar surface area (TPSA) is 102 Å². The number of hydrogen-bond donors (Lipinski definition) is 1. The summed E-state index contributed by atoms with van der Waals surface area (Å²) in [5.74, 6) is -0.0769. The van der Waals surface area contributed by atoms with Crippen molar-refractivity contribution in [1.82, 2.24) is 30.2 Å². The summed E-state index contributed by atoms with van der Waals surface area (Å²) in [6.45, 7) is 2.42. The SMILES string of the molecule is COCCNC(=O)c1cn(C2CCC23CCN(C(=O)Cc2cccnc2)CC3)nn1. The van der Waals surface area contributed by atoms with Gasteiger partial charge in [0.05, 0.1) is 25.3 Å². The average Bonchev–Trinajstić information content (AvgIpc) is 3.23. The number of rotatable bonds is 7. The van der Waals surface area contributed by atoms with Crippen LogP contribution in [0.1, 0.15) is 47.8 Å². The number of aromatic nitrogens is 4. The molecular formula is C21H28N6O3. The maximum atomic E-state index is 12.6. The van der Waals surface area contributed by atoms with E-state index in [0.29, 0.717) is 25.3 Å². The lowest BCUT2D eigenvalue weighted by molar-refractivity contribution is -0.135. The second-order valence-corrected chi connectivity index (χ2v) is 8.17. The number of carbonyl (C=O) groups is 2. The second kappa shape index (κ2) is 8.91. The third-order valence-electron chi connectivity index (χ3n) is 6.47. The maximum Gasteiger partial charge on any atom is 0.273 e. The van der Waals surface area contributed by atoms with Crippen LogP contribution in [0.3, 0.4) is 0 Å². The van der Waals surface area contributed by atoms with Crippen molar-refractivity contribution < 1.29 is 14.3 Å². The van der Waals surface area contributed by atoms with Gasteiger partial charge in [-0.25, -0.2) is 4.68 Å². The highest BCUT2D eigenvalue weighted by atomic mass is 16.5. The predicted molar refractivity (Wildman–Crippen MR) is 109 cm³/mol. The lowest BCUT2D eigenvalue weighted by atomic mass is 9.59. The number of piperidine rings is 1. The molecule has 1 saturated heterocycles. The number of likely N-dealkylation sites (tertiary alicyclic amines) is 1. The molecule has 1 aliphatic heterocycles. The molecule has 2 aromatic rings. The summed E-state index contributed by atoms with van der Waals surface area (Å²) in [5, 5.41) is 11.1. The van der Waals surface area contributed by atoms with Crippen LogP contribution in [0, 0.1) is 5.41 Å². The Morgan fingerprint density at radius 2 is 2.13 bits per heavy atom. The summed E-state index contributed by atoms with van der Waals surface area (Å²) >= 11 is 0. The molecule has 0 bridgehead atoms. The third kappa shape index (κ3) is 4.21. The molecule has 9 nitrogen and oxygen atoms in total. The van der Waals surface area contributed by atoms with Crippen LogP contribution in [0.15, 0.2) is 30.7 Å². The summed E-state index contributed by atoms with van der Waals surface area (Å²) in [4.78, 5) is 30.9. The van der Waals surface area contributed by atoms with E-state index in [1.165, 1.54) is 0 Å². The molecule has 160 valence electrons. The van der Waals surface area contributed by atoms with E-state index in [1.807, 2.05) is 21.7 Å². The van der Waals surface area contributed by atoms with Crippen LogP contribution >= 0.6 is 0 Å². The molecule has 0 aromatic carbocycles. The first-order valence-electron chi connectivity index (χ1n) is 10.5. The first-order valence-corrected chi connectivity index (χ1v) is 10.5. The van der Waals surface area contributed by atoms with Crippen LogP contribution in [0.5, 0.6) is 0 Å². The fourth-order valence-electron chi connectivity index (χ4n) is 4.56. The van der Waals surface area contributed by atoms with Gasteiger partial charge in [-0.2, -0.15) is 0 Å².